The zero-order valence-corrected chi connectivity index (χ0v) is 14.5. The number of carbonyl (C=O) groups excluding carboxylic acids is 1. The molecule has 2 atom stereocenters. The molecule has 1 aliphatic carbocycles. The number of fused-ring (bicyclic) bond motifs is 2. The van der Waals surface area contributed by atoms with Crippen LogP contribution in [0.4, 0.5) is 11.4 Å². The lowest BCUT2D eigenvalue weighted by Crippen LogP contribution is -2.37. The van der Waals surface area contributed by atoms with E-state index < -0.39 is 21.2 Å². The van der Waals surface area contributed by atoms with Gasteiger partial charge in [-0.05, 0) is 30.1 Å². The molecule has 1 amide bonds. The Bertz CT molecular complexity index is 743. The number of hydrogen-bond donors (Lipinski definition) is 0. The van der Waals surface area contributed by atoms with Crippen LogP contribution in [-0.2, 0) is 0 Å². The Morgan fingerprint density at radius 1 is 1.08 bits per heavy atom. The lowest BCUT2D eigenvalue weighted by molar-refractivity contribution is -0.394. The van der Waals surface area contributed by atoms with Gasteiger partial charge in [0, 0.05) is 24.7 Å². The van der Waals surface area contributed by atoms with Crippen molar-refractivity contribution in [2.24, 2.45) is 10.8 Å². The number of rotatable bonds is 3. The van der Waals surface area contributed by atoms with Gasteiger partial charge in [-0.15, -0.1) is 0 Å². The second-order valence-corrected chi connectivity index (χ2v) is 8.40. The normalized spacial score (nSPS) is 27.2. The molecule has 1 saturated carbocycles. The molecule has 1 aromatic carbocycles. The molecule has 2 bridgehead atoms. The van der Waals surface area contributed by atoms with Crippen molar-refractivity contribution in [3.8, 4) is 0 Å². The first kappa shape index (κ1) is 17.3. The summed E-state index contributed by atoms with van der Waals surface area (Å²) in [5, 5.41) is 22.1. The van der Waals surface area contributed by atoms with Crippen LogP contribution in [0, 0.1) is 31.1 Å². The summed E-state index contributed by atoms with van der Waals surface area (Å²) in [7, 11) is 0. The third kappa shape index (κ3) is 3.20. The molecule has 0 N–H and O–H groups in total. The minimum Gasteiger partial charge on any atom is -0.335 e. The number of benzene rings is 1. The molecule has 2 fully saturated rings. The molecule has 0 radical (unpaired) electrons. The highest BCUT2D eigenvalue weighted by molar-refractivity contribution is 5.96. The molecule has 1 aliphatic heterocycles. The Morgan fingerprint density at radius 2 is 1.64 bits per heavy atom. The van der Waals surface area contributed by atoms with E-state index in [0.717, 1.165) is 37.5 Å². The summed E-state index contributed by atoms with van der Waals surface area (Å²) in [5.41, 5.74) is -0.719. The first-order valence-electron chi connectivity index (χ1n) is 8.25. The third-order valence-electron chi connectivity index (χ3n) is 5.25. The summed E-state index contributed by atoms with van der Waals surface area (Å²) in [5.74, 6) is -0.363. The maximum Gasteiger partial charge on any atom is 0.277 e. The van der Waals surface area contributed by atoms with Gasteiger partial charge in [0.1, 0.15) is 0 Å². The SMILES string of the molecule is CC1(C)C[C@H]2C[C@@](C)(CN2C(=O)c2cc([N+](=O)[O-])cc([N+](=O)[O-])c2)C1. The molecule has 1 heterocycles. The van der Waals surface area contributed by atoms with Crippen LogP contribution in [-0.4, -0.2) is 33.2 Å². The fraction of sp³-hybridized carbons (Fsp3) is 0.588. The zero-order chi connectivity index (χ0) is 18.6. The summed E-state index contributed by atoms with van der Waals surface area (Å²) in [4.78, 5) is 35.4. The smallest absolute Gasteiger partial charge is 0.277 e. The first-order chi connectivity index (χ1) is 11.5. The van der Waals surface area contributed by atoms with Crippen LogP contribution in [0.1, 0.15) is 50.4 Å². The number of carbonyl (C=O) groups is 1. The molecule has 0 spiro atoms. The molecule has 0 aromatic heterocycles. The predicted octanol–water partition coefficient (Wildman–Crippen LogP) is 3.54. The summed E-state index contributed by atoms with van der Waals surface area (Å²) < 4.78 is 0. The van der Waals surface area contributed by atoms with E-state index in [1.165, 1.54) is 0 Å². The molecule has 0 unspecified atom stereocenters. The van der Waals surface area contributed by atoms with Gasteiger partial charge in [0.2, 0.25) is 0 Å². The zero-order valence-electron chi connectivity index (χ0n) is 14.5. The van der Waals surface area contributed by atoms with Crippen molar-refractivity contribution in [1.82, 2.24) is 4.90 Å². The van der Waals surface area contributed by atoms with E-state index in [0.29, 0.717) is 6.54 Å². The fourth-order valence-electron chi connectivity index (χ4n) is 4.79. The Balaban J connectivity index is 1.96. The summed E-state index contributed by atoms with van der Waals surface area (Å²) in [6.45, 7) is 7.10. The van der Waals surface area contributed by atoms with Crippen molar-refractivity contribution in [2.45, 2.75) is 46.1 Å². The molecular weight excluding hydrogens is 326 g/mol. The minimum absolute atomic E-state index is 0.00913. The topological polar surface area (TPSA) is 107 Å². The molecule has 3 rings (SSSR count). The summed E-state index contributed by atoms with van der Waals surface area (Å²) in [6, 6.07) is 3.21. The van der Waals surface area contributed by atoms with Crippen molar-refractivity contribution in [3.63, 3.8) is 0 Å². The second-order valence-electron chi connectivity index (χ2n) is 8.40. The van der Waals surface area contributed by atoms with Crippen LogP contribution < -0.4 is 0 Å². The van der Waals surface area contributed by atoms with E-state index in [9.17, 15) is 25.0 Å². The highest BCUT2D eigenvalue weighted by Gasteiger charge is 2.51. The lowest BCUT2D eigenvalue weighted by Gasteiger charge is -2.39. The summed E-state index contributed by atoms with van der Waals surface area (Å²) in [6.07, 6.45) is 2.78. The van der Waals surface area contributed by atoms with Gasteiger partial charge in [0.15, 0.2) is 0 Å². The monoisotopic (exact) mass is 347 g/mol. The van der Waals surface area contributed by atoms with Gasteiger partial charge in [-0.3, -0.25) is 25.0 Å². The van der Waals surface area contributed by atoms with Gasteiger partial charge in [-0.2, -0.15) is 0 Å². The second kappa shape index (κ2) is 5.50. The lowest BCUT2D eigenvalue weighted by atomic mass is 9.65. The van der Waals surface area contributed by atoms with Crippen LogP contribution in [0.2, 0.25) is 0 Å². The van der Waals surface area contributed by atoms with Gasteiger partial charge in [0.05, 0.1) is 21.5 Å². The highest BCUT2D eigenvalue weighted by atomic mass is 16.6. The predicted molar refractivity (Wildman–Crippen MR) is 90.3 cm³/mol. The summed E-state index contributed by atoms with van der Waals surface area (Å²) >= 11 is 0. The molecule has 134 valence electrons. The van der Waals surface area contributed by atoms with Crippen LogP contribution >= 0.6 is 0 Å². The van der Waals surface area contributed by atoms with Gasteiger partial charge in [-0.25, -0.2) is 0 Å². The van der Waals surface area contributed by atoms with E-state index in [2.05, 4.69) is 20.8 Å². The maximum atomic E-state index is 13.0. The van der Waals surface area contributed by atoms with Crippen molar-refractivity contribution in [3.05, 3.63) is 44.0 Å². The van der Waals surface area contributed by atoms with Gasteiger partial charge in [-0.1, -0.05) is 20.8 Å². The number of likely N-dealkylation sites (tertiary alicyclic amines) is 1. The Labute approximate surface area is 145 Å². The molecule has 2 aliphatic rings. The van der Waals surface area contributed by atoms with E-state index in [1.54, 1.807) is 4.90 Å². The standard InChI is InChI=1S/C17H21N3O5/c1-16(2)7-14-8-17(3,9-16)10-18(14)15(21)11-4-12(19(22)23)6-13(5-11)20(24)25/h4-6,14H,7-10H2,1-3H3/t14-,17+/m0/s1. The van der Waals surface area contributed by atoms with Crippen molar-refractivity contribution in [2.75, 3.05) is 6.54 Å². The van der Waals surface area contributed by atoms with Gasteiger partial charge < -0.3 is 4.90 Å². The van der Waals surface area contributed by atoms with Crippen molar-refractivity contribution >= 4 is 17.3 Å². The van der Waals surface area contributed by atoms with Crippen LogP contribution in [0.3, 0.4) is 0 Å². The van der Waals surface area contributed by atoms with Crippen molar-refractivity contribution in [1.29, 1.82) is 0 Å². The van der Waals surface area contributed by atoms with E-state index in [1.807, 2.05) is 0 Å². The number of amides is 1. The van der Waals surface area contributed by atoms with Crippen molar-refractivity contribution < 1.29 is 14.6 Å². The maximum absolute atomic E-state index is 13.0. The number of nitro groups is 2. The largest absolute Gasteiger partial charge is 0.335 e. The Hall–Kier alpha value is -2.51. The number of non-ortho nitro benzene ring substituents is 2. The van der Waals surface area contributed by atoms with E-state index in [-0.39, 0.29) is 28.3 Å². The highest BCUT2D eigenvalue weighted by Crippen LogP contribution is 2.52. The van der Waals surface area contributed by atoms with Gasteiger partial charge >= 0.3 is 0 Å². The number of nitro benzene ring substituents is 2. The quantitative estimate of drug-likeness (QED) is 0.614. The molecule has 25 heavy (non-hydrogen) atoms. The molecule has 8 heteroatoms. The number of hydrogen-bond acceptors (Lipinski definition) is 5. The van der Waals surface area contributed by atoms with Gasteiger partial charge in [0.25, 0.3) is 17.3 Å². The van der Waals surface area contributed by atoms with Crippen LogP contribution in [0.15, 0.2) is 18.2 Å². The molecular formula is C17H21N3O5. The third-order valence-corrected chi connectivity index (χ3v) is 5.25. The van der Waals surface area contributed by atoms with E-state index >= 15 is 0 Å². The van der Waals surface area contributed by atoms with Crippen LogP contribution in [0.25, 0.3) is 0 Å². The Morgan fingerprint density at radius 3 is 2.16 bits per heavy atom. The molecule has 8 nitrogen and oxygen atoms in total. The first-order valence-corrected chi connectivity index (χ1v) is 8.25. The molecule has 1 aromatic rings. The molecule has 1 saturated heterocycles. The average Bonchev–Trinajstić information content (AvgIpc) is 2.74. The Kier molecular flexibility index (Phi) is 3.81. The van der Waals surface area contributed by atoms with Crippen LogP contribution in [0.5, 0.6) is 0 Å². The average molecular weight is 347 g/mol. The minimum atomic E-state index is -0.712. The fourth-order valence-corrected chi connectivity index (χ4v) is 4.79. The van der Waals surface area contributed by atoms with E-state index in [4.69, 9.17) is 0 Å². The number of nitrogens with zero attached hydrogens (tertiary/aromatic N) is 3.